The summed E-state index contributed by atoms with van der Waals surface area (Å²) < 4.78 is 6.55. The normalized spacial score (nSPS) is 11.1. The third kappa shape index (κ3) is 4.00. The molecule has 2 heterocycles. The standard InChI is InChI=1S/C22H22N4O3/c1-29-10-9-23-22-18-12-17(5-6-19(18)24-14-25-22)16-4-2-3-15(11-16)13-26-20(27)7-8-21(26)28/h2-8,11-12,14,27-28H,9-10,13H2,1H3,(H,23,24,25). The molecule has 2 aromatic carbocycles. The summed E-state index contributed by atoms with van der Waals surface area (Å²) in [6.45, 7) is 1.62. The van der Waals surface area contributed by atoms with E-state index in [1.165, 1.54) is 16.7 Å². The van der Waals surface area contributed by atoms with Crippen LogP contribution in [0, 0.1) is 0 Å². The fourth-order valence-electron chi connectivity index (χ4n) is 3.29. The lowest BCUT2D eigenvalue weighted by atomic mass is 10.0. The zero-order valence-electron chi connectivity index (χ0n) is 16.0. The van der Waals surface area contributed by atoms with Crippen LogP contribution < -0.4 is 5.32 Å². The van der Waals surface area contributed by atoms with Gasteiger partial charge in [0.15, 0.2) is 11.8 Å². The van der Waals surface area contributed by atoms with Gasteiger partial charge in [-0.25, -0.2) is 9.97 Å². The van der Waals surface area contributed by atoms with Crippen molar-refractivity contribution in [2.75, 3.05) is 25.6 Å². The van der Waals surface area contributed by atoms with Crippen LogP contribution in [0.2, 0.25) is 0 Å². The van der Waals surface area contributed by atoms with Gasteiger partial charge in [-0.1, -0.05) is 24.3 Å². The predicted octanol–water partition coefficient (Wildman–Crippen LogP) is 3.62. The van der Waals surface area contributed by atoms with Crippen molar-refractivity contribution in [2.45, 2.75) is 6.54 Å². The number of hydrogen-bond donors (Lipinski definition) is 3. The third-order valence-electron chi connectivity index (χ3n) is 4.77. The van der Waals surface area contributed by atoms with Crippen LogP contribution in [0.5, 0.6) is 11.8 Å². The van der Waals surface area contributed by atoms with E-state index in [2.05, 4.69) is 21.4 Å². The van der Waals surface area contributed by atoms with Crippen LogP contribution >= 0.6 is 0 Å². The van der Waals surface area contributed by atoms with Crippen molar-refractivity contribution < 1.29 is 14.9 Å². The monoisotopic (exact) mass is 390 g/mol. The molecule has 0 aliphatic rings. The van der Waals surface area contributed by atoms with Crippen LogP contribution in [0.15, 0.2) is 60.9 Å². The smallest absolute Gasteiger partial charge is 0.194 e. The molecule has 0 amide bonds. The second-order valence-corrected chi connectivity index (χ2v) is 6.71. The third-order valence-corrected chi connectivity index (χ3v) is 4.77. The summed E-state index contributed by atoms with van der Waals surface area (Å²) in [5, 5.41) is 24.0. The minimum Gasteiger partial charge on any atom is -0.494 e. The summed E-state index contributed by atoms with van der Waals surface area (Å²) in [5.74, 6) is 0.831. The summed E-state index contributed by atoms with van der Waals surface area (Å²) in [5.41, 5.74) is 3.89. The van der Waals surface area contributed by atoms with E-state index in [0.29, 0.717) is 19.7 Å². The van der Waals surface area contributed by atoms with Crippen molar-refractivity contribution in [2.24, 2.45) is 0 Å². The van der Waals surface area contributed by atoms with Gasteiger partial charge in [0.05, 0.1) is 18.7 Å². The molecule has 0 saturated carbocycles. The first-order valence-electron chi connectivity index (χ1n) is 9.30. The molecule has 0 radical (unpaired) electrons. The topological polar surface area (TPSA) is 92.4 Å². The van der Waals surface area contributed by atoms with E-state index in [0.717, 1.165) is 33.4 Å². The molecular weight excluding hydrogens is 368 g/mol. The van der Waals surface area contributed by atoms with Gasteiger partial charge in [0.2, 0.25) is 0 Å². The number of rotatable bonds is 7. The van der Waals surface area contributed by atoms with Gasteiger partial charge in [-0.3, -0.25) is 4.57 Å². The maximum atomic E-state index is 9.89. The number of nitrogens with one attached hydrogen (secondary N) is 1. The first-order chi connectivity index (χ1) is 14.2. The number of methoxy groups -OCH3 is 1. The van der Waals surface area contributed by atoms with Crippen molar-refractivity contribution in [3.63, 3.8) is 0 Å². The molecule has 2 aromatic heterocycles. The molecule has 0 aliphatic carbocycles. The molecule has 4 rings (SSSR count). The Morgan fingerprint density at radius 2 is 1.76 bits per heavy atom. The highest BCUT2D eigenvalue weighted by Crippen LogP contribution is 2.29. The highest BCUT2D eigenvalue weighted by molar-refractivity contribution is 5.92. The second-order valence-electron chi connectivity index (χ2n) is 6.71. The Morgan fingerprint density at radius 1 is 0.966 bits per heavy atom. The van der Waals surface area contributed by atoms with Gasteiger partial charge in [-0.15, -0.1) is 0 Å². The fourth-order valence-corrected chi connectivity index (χ4v) is 3.29. The van der Waals surface area contributed by atoms with Gasteiger partial charge in [0.25, 0.3) is 0 Å². The van der Waals surface area contributed by atoms with Gasteiger partial charge in [-0.05, 0) is 34.9 Å². The lowest BCUT2D eigenvalue weighted by Crippen LogP contribution is -2.09. The SMILES string of the molecule is COCCNc1ncnc2ccc(-c3cccc(Cn4c(O)ccc4O)c3)cc12. The van der Waals surface area contributed by atoms with E-state index in [1.807, 2.05) is 36.4 Å². The molecule has 7 nitrogen and oxygen atoms in total. The average molecular weight is 390 g/mol. The number of aromatic hydroxyl groups is 2. The maximum absolute atomic E-state index is 9.89. The molecule has 0 spiro atoms. The van der Waals surface area contributed by atoms with Gasteiger partial charge >= 0.3 is 0 Å². The summed E-state index contributed by atoms with van der Waals surface area (Å²) >= 11 is 0. The minimum atomic E-state index is 0.0301. The van der Waals surface area contributed by atoms with Crippen molar-refractivity contribution in [1.82, 2.24) is 14.5 Å². The van der Waals surface area contributed by atoms with Crippen molar-refractivity contribution in [1.29, 1.82) is 0 Å². The molecule has 3 N–H and O–H groups in total. The Bertz CT molecular complexity index is 1120. The van der Waals surface area contributed by atoms with Crippen LogP contribution in [0.25, 0.3) is 22.0 Å². The van der Waals surface area contributed by atoms with Crippen LogP contribution in [-0.2, 0) is 11.3 Å². The average Bonchev–Trinajstić information content (AvgIpc) is 3.06. The highest BCUT2D eigenvalue weighted by atomic mass is 16.5. The largest absolute Gasteiger partial charge is 0.494 e. The Hall–Kier alpha value is -3.58. The Morgan fingerprint density at radius 3 is 2.55 bits per heavy atom. The molecule has 0 atom stereocenters. The Kier molecular flexibility index (Phi) is 5.31. The number of anilines is 1. The van der Waals surface area contributed by atoms with E-state index in [-0.39, 0.29) is 11.8 Å². The van der Waals surface area contributed by atoms with Crippen molar-refractivity contribution in [3.8, 4) is 22.9 Å². The summed E-state index contributed by atoms with van der Waals surface area (Å²) in [7, 11) is 1.66. The minimum absolute atomic E-state index is 0.0301. The molecule has 148 valence electrons. The van der Waals surface area contributed by atoms with Crippen molar-refractivity contribution in [3.05, 3.63) is 66.5 Å². The van der Waals surface area contributed by atoms with E-state index in [9.17, 15) is 10.2 Å². The van der Waals surface area contributed by atoms with Gasteiger partial charge < -0.3 is 20.3 Å². The zero-order valence-corrected chi connectivity index (χ0v) is 16.0. The van der Waals surface area contributed by atoms with Gasteiger partial charge in [0, 0.05) is 31.2 Å². The number of nitrogens with zero attached hydrogens (tertiary/aromatic N) is 3. The first-order valence-corrected chi connectivity index (χ1v) is 9.30. The van der Waals surface area contributed by atoms with Crippen LogP contribution in [0.1, 0.15) is 5.56 Å². The molecule has 4 aromatic rings. The van der Waals surface area contributed by atoms with Gasteiger partial charge in [0.1, 0.15) is 12.1 Å². The Balaban J connectivity index is 1.66. The lowest BCUT2D eigenvalue weighted by Gasteiger charge is -2.11. The molecule has 0 saturated heterocycles. The highest BCUT2D eigenvalue weighted by Gasteiger charge is 2.09. The molecule has 0 bridgehead atoms. The first kappa shape index (κ1) is 18.8. The zero-order chi connectivity index (χ0) is 20.2. The number of ether oxygens (including phenoxy) is 1. The quantitative estimate of drug-likeness (QED) is 0.418. The molecule has 0 aliphatic heterocycles. The number of hydrogen-bond acceptors (Lipinski definition) is 6. The lowest BCUT2D eigenvalue weighted by molar-refractivity contribution is 0.210. The molecule has 0 unspecified atom stereocenters. The Labute approximate surface area is 168 Å². The van der Waals surface area contributed by atoms with E-state index in [4.69, 9.17) is 4.74 Å². The molecular formula is C22H22N4O3. The summed E-state index contributed by atoms with van der Waals surface area (Å²) in [6, 6.07) is 17.0. The van der Waals surface area contributed by atoms with Gasteiger partial charge in [-0.2, -0.15) is 0 Å². The number of fused-ring (bicyclic) bond motifs is 1. The molecule has 0 fully saturated rings. The van der Waals surface area contributed by atoms with Crippen LogP contribution in [0.3, 0.4) is 0 Å². The van der Waals surface area contributed by atoms with Crippen molar-refractivity contribution >= 4 is 16.7 Å². The van der Waals surface area contributed by atoms with E-state index in [1.54, 1.807) is 13.4 Å². The van der Waals surface area contributed by atoms with Crippen LogP contribution in [-0.4, -0.2) is 45.0 Å². The predicted molar refractivity (Wildman–Crippen MR) is 112 cm³/mol. The second kappa shape index (κ2) is 8.20. The summed E-state index contributed by atoms with van der Waals surface area (Å²) in [6.07, 6.45) is 1.55. The van der Waals surface area contributed by atoms with Crippen LogP contribution in [0.4, 0.5) is 5.82 Å². The molecule has 7 heteroatoms. The maximum Gasteiger partial charge on any atom is 0.194 e. The fraction of sp³-hybridized carbons (Fsp3) is 0.182. The summed E-state index contributed by atoms with van der Waals surface area (Å²) in [4.78, 5) is 8.71. The van der Waals surface area contributed by atoms with E-state index < -0.39 is 0 Å². The number of benzene rings is 2. The number of aromatic nitrogens is 3. The van der Waals surface area contributed by atoms with E-state index >= 15 is 0 Å². The molecule has 29 heavy (non-hydrogen) atoms.